The van der Waals surface area contributed by atoms with Gasteiger partial charge < -0.3 is 10.2 Å². The number of carbonyl (C=O) groups excluding carboxylic acids is 1. The van der Waals surface area contributed by atoms with Gasteiger partial charge in [0.1, 0.15) is 0 Å². The summed E-state index contributed by atoms with van der Waals surface area (Å²) < 4.78 is 25.5. The van der Waals surface area contributed by atoms with Crippen LogP contribution >= 0.6 is 0 Å². The smallest absolute Gasteiger partial charge is 0.232 e. The molecule has 1 N–H and O–H groups in total. The number of nitrogens with zero attached hydrogens (tertiary/aromatic N) is 2. The highest BCUT2D eigenvalue weighted by atomic mass is 32.2. The molecule has 1 aliphatic heterocycles. The Balaban J connectivity index is 2.06. The van der Waals surface area contributed by atoms with E-state index in [-0.39, 0.29) is 12.5 Å². The maximum Gasteiger partial charge on any atom is 0.232 e. The predicted molar refractivity (Wildman–Crippen MR) is 103 cm³/mol. The first-order valence-corrected chi connectivity index (χ1v) is 10.8. The average Bonchev–Trinajstić information content (AvgIpc) is 2.58. The van der Waals surface area contributed by atoms with Crippen LogP contribution in [0.4, 0.5) is 11.4 Å². The average molecular weight is 368 g/mol. The second-order valence-corrected chi connectivity index (χ2v) is 8.63. The normalized spacial score (nSPS) is 15.9. The Morgan fingerprint density at radius 2 is 1.84 bits per heavy atom. The second kappa shape index (κ2) is 8.56. The Labute approximate surface area is 151 Å². The second-order valence-electron chi connectivity index (χ2n) is 6.72. The fourth-order valence-electron chi connectivity index (χ4n) is 3.00. The van der Waals surface area contributed by atoms with Crippen molar-refractivity contribution in [3.8, 4) is 0 Å². The molecule has 1 amide bonds. The number of piperidine rings is 1. The van der Waals surface area contributed by atoms with Crippen molar-refractivity contribution in [3.05, 3.63) is 24.3 Å². The maximum absolute atomic E-state index is 12.1. The van der Waals surface area contributed by atoms with Gasteiger partial charge >= 0.3 is 0 Å². The molecule has 0 bridgehead atoms. The number of nitrogens with one attached hydrogen (secondary N) is 1. The zero-order chi connectivity index (χ0) is 18.4. The van der Waals surface area contributed by atoms with E-state index in [1.54, 1.807) is 6.92 Å². The van der Waals surface area contributed by atoms with Crippen LogP contribution in [0.2, 0.25) is 0 Å². The molecular weight excluding hydrogens is 338 g/mol. The zero-order valence-corrected chi connectivity index (χ0v) is 16.2. The number of sulfonamides is 1. The minimum atomic E-state index is -3.40. The molecular formula is C18H29N3O3S. The summed E-state index contributed by atoms with van der Waals surface area (Å²) in [5.41, 5.74) is 1.76. The number of hydrogen-bond acceptors (Lipinski definition) is 4. The Morgan fingerprint density at radius 1 is 1.24 bits per heavy atom. The summed E-state index contributed by atoms with van der Waals surface area (Å²) in [6.07, 6.45) is 3.96. The van der Waals surface area contributed by atoms with Gasteiger partial charge in [-0.1, -0.05) is 13.8 Å². The van der Waals surface area contributed by atoms with Gasteiger partial charge in [0.25, 0.3) is 0 Å². The molecule has 6 nitrogen and oxygen atoms in total. The number of anilines is 2. The van der Waals surface area contributed by atoms with Crippen LogP contribution in [0.15, 0.2) is 24.3 Å². The van der Waals surface area contributed by atoms with Crippen molar-refractivity contribution in [1.82, 2.24) is 5.32 Å². The number of carbonyl (C=O) groups is 1. The van der Waals surface area contributed by atoms with Crippen molar-refractivity contribution in [3.63, 3.8) is 0 Å². The highest BCUT2D eigenvalue weighted by Gasteiger charge is 2.19. The first-order chi connectivity index (χ1) is 11.8. The summed E-state index contributed by atoms with van der Waals surface area (Å²) in [7, 11) is -3.40. The van der Waals surface area contributed by atoms with E-state index in [0.29, 0.717) is 18.7 Å². The van der Waals surface area contributed by atoms with Crippen molar-refractivity contribution >= 4 is 27.3 Å². The zero-order valence-electron chi connectivity index (χ0n) is 15.4. The number of rotatable bonds is 7. The number of benzene rings is 1. The largest absolute Gasteiger partial charge is 0.372 e. The summed E-state index contributed by atoms with van der Waals surface area (Å²) in [6.45, 7) is 6.65. The minimum absolute atomic E-state index is 0.0804. The van der Waals surface area contributed by atoms with E-state index in [9.17, 15) is 13.2 Å². The van der Waals surface area contributed by atoms with Gasteiger partial charge in [0.2, 0.25) is 15.9 Å². The SMILES string of the molecule is CCC(=O)NCCN(c1ccc(N2CCC(C)CC2)cc1)S(C)(=O)=O. The van der Waals surface area contributed by atoms with Crippen molar-refractivity contribution in [2.75, 3.05) is 41.6 Å². The summed E-state index contributed by atoms with van der Waals surface area (Å²) in [5.74, 6) is 0.692. The Kier molecular flexibility index (Phi) is 6.70. The number of hydrogen-bond donors (Lipinski definition) is 1. The summed E-state index contributed by atoms with van der Waals surface area (Å²) in [4.78, 5) is 13.7. The van der Waals surface area contributed by atoms with Crippen molar-refractivity contribution in [2.24, 2.45) is 5.92 Å². The van der Waals surface area contributed by atoms with Crippen LogP contribution in [0.25, 0.3) is 0 Å². The summed E-state index contributed by atoms with van der Waals surface area (Å²) >= 11 is 0. The lowest BCUT2D eigenvalue weighted by atomic mass is 9.99. The molecule has 0 spiro atoms. The summed E-state index contributed by atoms with van der Waals surface area (Å²) in [6, 6.07) is 7.65. The van der Waals surface area contributed by atoms with Crippen LogP contribution in [0.5, 0.6) is 0 Å². The van der Waals surface area contributed by atoms with Gasteiger partial charge in [-0.25, -0.2) is 8.42 Å². The van der Waals surface area contributed by atoms with Crippen LogP contribution in [0, 0.1) is 5.92 Å². The highest BCUT2D eigenvalue weighted by molar-refractivity contribution is 7.92. The van der Waals surface area contributed by atoms with Crippen LogP contribution in [-0.4, -0.2) is 46.8 Å². The molecule has 0 aliphatic carbocycles. The third-order valence-electron chi connectivity index (χ3n) is 4.64. The monoisotopic (exact) mass is 367 g/mol. The van der Waals surface area contributed by atoms with Gasteiger partial charge in [-0.15, -0.1) is 0 Å². The third-order valence-corrected chi connectivity index (χ3v) is 5.84. The fraction of sp³-hybridized carbons (Fsp3) is 0.611. The van der Waals surface area contributed by atoms with E-state index in [2.05, 4.69) is 17.1 Å². The molecule has 0 unspecified atom stereocenters. The molecule has 0 aromatic heterocycles. The topological polar surface area (TPSA) is 69.7 Å². The van der Waals surface area contributed by atoms with E-state index in [1.165, 1.54) is 23.4 Å². The molecule has 2 rings (SSSR count). The lowest BCUT2D eigenvalue weighted by molar-refractivity contribution is -0.120. The Hall–Kier alpha value is -1.76. The molecule has 0 saturated carbocycles. The summed E-state index contributed by atoms with van der Waals surface area (Å²) in [5, 5.41) is 2.72. The lowest BCUT2D eigenvalue weighted by Gasteiger charge is -2.32. The maximum atomic E-state index is 12.1. The lowest BCUT2D eigenvalue weighted by Crippen LogP contribution is -2.38. The molecule has 1 saturated heterocycles. The Morgan fingerprint density at radius 3 is 2.36 bits per heavy atom. The molecule has 25 heavy (non-hydrogen) atoms. The van der Waals surface area contributed by atoms with Gasteiger partial charge in [0.15, 0.2) is 0 Å². The molecule has 7 heteroatoms. The van der Waals surface area contributed by atoms with Gasteiger partial charge in [-0.2, -0.15) is 0 Å². The molecule has 1 aromatic carbocycles. The molecule has 0 atom stereocenters. The van der Waals surface area contributed by atoms with Gasteiger partial charge in [0, 0.05) is 31.7 Å². The van der Waals surface area contributed by atoms with E-state index in [4.69, 9.17) is 0 Å². The molecule has 1 aliphatic rings. The fourth-order valence-corrected chi connectivity index (χ4v) is 3.93. The van der Waals surface area contributed by atoms with E-state index < -0.39 is 10.0 Å². The highest BCUT2D eigenvalue weighted by Crippen LogP contribution is 2.26. The quantitative estimate of drug-likeness (QED) is 0.802. The van der Waals surface area contributed by atoms with Crippen molar-refractivity contribution < 1.29 is 13.2 Å². The van der Waals surface area contributed by atoms with Crippen LogP contribution in [0.3, 0.4) is 0 Å². The van der Waals surface area contributed by atoms with E-state index in [0.717, 1.165) is 24.7 Å². The van der Waals surface area contributed by atoms with Crippen LogP contribution < -0.4 is 14.5 Å². The molecule has 1 heterocycles. The van der Waals surface area contributed by atoms with Gasteiger partial charge in [-0.3, -0.25) is 9.10 Å². The number of amides is 1. The predicted octanol–water partition coefficient (Wildman–Crippen LogP) is 2.22. The third kappa shape index (κ3) is 5.63. The van der Waals surface area contributed by atoms with Crippen LogP contribution in [-0.2, 0) is 14.8 Å². The standard InChI is InChI=1S/C18H29N3O3S/c1-4-18(22)19-11-14-21(25(3,23)24)17-7-5-16(6-8-17)20-12-9-15(2)10-13-20/h5-8,15H,4,9-14H2,1-3H3,(H,19,22). The van der Waals surface area contributed by atoms with Gasteiger partial charge in [0.05, 0.1) is 18.5 Å². The first kappa shape index (κ1) is 19.6. The van der Waals surface area contributed by atoms with Crippen molar-refractivity contribution in [1.29, 1.82) is 0 Å². The minimum Gasteiger partial charge on any atom is -0.372 e. The van der Waals surface area contributed by atoms with E-state index in [1.807, 2.05) is 24.3 Å². The van der Waals surface area contributed by atoms with E-state index >= 15 is 0 Å². The Bertz CT molecular complexity index is 665. The van der Waals surface area contributed by atoms with Crippen molar-refractivity contribution in [2.45, 2.75) is 33.1 Å². The van der Waals surface area contributed by atoms with Crippen LogP contribution in [0.1, 0.15) is 33.1 Å². The first-order valence-electron chi connectivity index (χ1n) is 8.90. The van der Waals surface area contributed by atoms with Gasteiger partial charge in [-0.05, 0) is 43.0 Å². The molecule has 1 aromatic rings. The molecule has 1 fully saturated rings. The molecule has 0 radical (unpaired) electrons. The molecule has 140 valence electrons.